The standard InChI is InChI=1S/C21H22ClN3O3/c1-13(2)23-21(28)17-8-3-4-9-18(17)24-20(27)14-10-19(26)25(12-14)16-7-5-6-15(22)11-16/h3-9,11,13-14H,10,12H2,1-2H3,(H,23,28)(H,24,27)/t14-/m0/s1. The molecule has 0 aromatic heterocycles. The molecule has 3 amide bonds. The molecule has 1 aliphatic rings. The molecule has 0 saturated carbocycles. The van der Waals surface area contributed by atoms with E-state index in [-0.39, 0.29) is 36.7 Å². The van der Waals surface area contributed by atoms with Crippen molar-refractivity contribution in [3.8, 4) is 0 Å². The average Bonchev–Trinajstić information content (AvgIpc) is 3.03. The van der Waals surface area contributed by atoms with Gasteiger partial charge in [-0.3, -0.25) is 14.4 Å². The number of para-hydroxylation sites is 1. The molecule has 1 fully saturated rings. The number of hydrogen-bond donors (Lipinski definition) is 2. The van der Waals surface area contributed by atoms with Gasteiger partial charge in [0.1, 0.15) is 0 Å². The summed E-state index contributed by atoms with van der Waals surface area (Å²) in [4.78, 5) is 39.1. The lowest BCUT2D eigenvalue weighted by Crippen LogP contribution is -2.32. The van der Waals surface area contributed by atoms with Gasteiger partial charge in [0.15, 0.2) is 0 Å². The molecule has 28 heavy (non-hydrogen) atoms. The van der Waals surface area contributed by atoms with Crippen molar-refractivity contribution in [3.05, 3.63) is 59.1 Å². The first-order chi connectivity index (χ1) is 13.3. The highest BCUT2D eigenvalue weighted by molar-refractivity contribution is 6.31. The monoisotopic (exact) mass is 399 g/mol. The summed E-state index contributed by atoms with van der Waals surface area (Å²) >= 11 is 6.01. The van der Waals surface area contributed by atoms with Crippen LogP contribution in [0.15, 0.2) is 48.5 Å². The van der Waals surface area contributed by atoms with Gasteiger partial charge in [-0.1, -0.05) is 29.8 Å². The molecule has 2 N–H and O–H groups in total. The Hall–Kier alpha value is -2.86. The van der Waals surface area contributed by atoms with Gasteiger partial charge in [-0.15, -0.1) is 0 Å². The van der Waals surface area contributed by atoms with Crippen LogP contribution in [0.5, 0.6) is 0 Å². The van der Waals surface area contributed by atoms with E-state index in [9.17, 15) is 14.4 Å². The number of halogens is 1. The Labute approximate surface area is 168 Å². The van der Waals surface area contributed by atoms with Crippen molar-refractivity contribution in [1.29, 1.82) is 0 Å². The summed E-state index contributed by atoms with van der Waals surface area (Å²) in [6, 6.07) is 13.8. The van der Waals surface area contributed by atoms with Crippen molar-refractivity contribution in [2.45, 2.75) is 26.3 Å². The quantitative estimate of drug-likeness (QED) is 0.808. The SMILES string of the molecule is CC(C)NC(=O)c1ccccc1NC(=O)[C@H]1CC(=O)N(c2cccc(Cl)c2)C1. The minimum atomic E-state index is -0.507. The van der Waals surface area contributed by atoms with Crippen molar-refractivity contribution in [2.24, 2.45) is 5.92 Å². The number of amides is 3. The molecule has 0 aliphatic carbocycles. The molecule has 146 valence electrons. The number of nitrogens with zero attached hydrogens (tertiary/aromatic N) is 1. The zero-order chi connectivity index (χ0) is 20.3. The fourth-order valence-electron chi connectivity index (χ4n) is 3.14. The molecule has 1 atom stereocenters. The molecular weight excluding hydrogens is 378 g/mol. The van der Waals surface area contributed by atoms with E-state index in [1.807, 2.05) is 13.8 Å². The van der Waals surface area contributed by atoms with Crippen LogP contribution in [-0.4, -0.2) is 30.3 Å². The second kappa shape index (κ2) is 8.44. The molecule has 3 rings (SSSR count). The first-order valence-electron chi connectivity index (χ1n) is 9.12. The molecule has 2 aromatic carbocycles. The van der Waals surface area contributed by atoms with Gasteiger partial charge in [-0.2, -0.15) is 0 Å². The molecule has 7 heteroatoms. The highest BCUT2D eigenvalue weighted by atomic mass is 35.5. The van der Waals surface area contributed by atoms with Gasteiger partial charge in [0.2, 0.25) is 11.8 Å². The van der Waals surface area contributed by atoms with E-state index in [2.05, 4.69) is 10.6 Å². The molecule has 6 nitrogen and oxygen atoms in total. The minimum absolute atomic E-state index is 0.0186. The fraction of sp³-hybridized carbons (Fsp3) is 0.286. The summed E-state index contributed by atoms with van der Waals surface area (Å²) < 4.78 is 0. The van der Waals surface area contributed by atoms with Crippen LogP contribution in [0.3, 0.4) is 0 Å². The Bertz CT molecular complexity index is 913. The van der Waals surface area contributed by atoms with E-state index in [0.717, 1.165) is 0 Å². The smallest absolute Gasteiger partial charge is 0.253 e. The van der Waals surface area contributed by atoms with E-state index in [4.69, 9.17) is 11.6 Å². The third kappa shape index (κ3) is 4.51. The van der Waals surface area contributed by atoms with Gasteiger partial charge in [-0.25, -0.2) is 0 Å². The number of anilines is 2. The number of rotatable bonds is 5. The van der Waals surface area contributed by atoms with Gasteiger partial charge in [0.05, 0.1) is 17.2 Å². The first-order valence-corrected chi connectivity index (χ1v) is 9.49. The maximum atomic E-state index is 12.8. The van der Waals surface area contributed by atoms with Gasteiger partial charge in [-0.05, 0) is 44.2 Å². The van der Waals surface area contributed by atoms with Gasteiger partial charge < -0.3 is 15.5 Å². The molecule has 0 bridgehead atoms. The molecule has 2 aromatic rings. The maximum Gasteiger partial charge on any atom is 0.253 e. The Morgan fingerprint density at radius 3 is 2.61 bits per heavy atom. The maximum absolute atomic E-state index is 12.8. The molecule has 1 heterocycles. The number of carbonyl (C=O) groups excluding carboxylic acids is 3. The normalized spacial score (nSPS) is 16.4. The highest BCUT2D eigenvalue weighted by Crippen LogP contribution is 2.28. The lowest BCUT2D eigenvalue weighted by atomic mass is 10.1. The summed E-state index contributed by atoms with van der Waals surface area (Å²) in [7, 11) is 0. The number of carbonyl (C=O) groups is 3. The van der Waals surface area contributed by atoms with Crippen LogP contribution in [0, 0.1) is 5.92 Å². The van der Waals surface area contributed by atoms with Gasteiger partial charge >= 0.3 is 0 Å². The molecule has 0 unspecified atom stereocenters. The fourth-order valence-corrected chi connectivity index (χ4v) is 3.33. The number of nitrogens with one attached hydrogen (secondary N) is 2. The largest absolute Gasteiger partial charge is 0.350 e. The lowest BCUT2D eigenvalue weighted by Gasteiger charge is -2.17. The van der Waals surface area contributed by atoms with E-state index < -0.39 is 5.92 Å². The third-order valence-corrected chi connectivity index (χ3v) is 4.70. The summed E-state index contributed by atoms with van der Waals surface area (Å²) in [5, 5.41) is 6.15. The van der Waals surface area contributed by atoms with Gasteiger partial charge in [0.25, 0.3) is 5.91 Å². The lowest BCUT2D eigenvalue weighted by molar-refractivity contribution is -0.122. The van der Waals surface area contributed by atoms with Crippen molar-refractivity contribution in [2.75, 3.05) is 16.8 Å². The van der Waals surface area contributed by atoms with Crippen LogP contribution in [0.2, 0.25) is 5.02 Å². The van der Waals surface area contributed by atoms with Gasteiger partial charge in [0, 0.05) is 29.7 Å². The Morgan fingerprint density at radius 1 is 1.14 bits per heavy atom. The van der Waals surface area contributed by atoms with Crippen LogP contribution in [0.25, 0.3) is 0 Å². The Kier molecular flexibility index (Phi) is 5.99. The minimum Gasteiger partial charge on any atom is -0.350 e. The Balaban J connectivity index is 1.73. The van der Waals surface area contributed by atoms with Crippen LogP contribution in [0.1, 0.15) is 30.6 Å². The molecule has 0 radical (unpaired) electrons. The first kappa shape index (κ1) is 19.9. The predicted molar refractivity (Wildman–Crippen MR) is 110 cm³/mol. The van der Waals surface area contributed by atoms with Crippen molar-refractivity contribution in [3.63, 3.8) is 0 Å². The molecule has 1 saturated heterocycles. The molecule has 0 spiro atoms. The van der Waals surface area contributed by atoms with E-state index in [0.29, 0.717) is 22.0 Å². The van der Waals surface area contributed by atoms with E-state index >= 15 is 0 Å². The summed E-state index contributed by atoms with van der Waals surface area (Å²) in [6.07, 6.45) is 0.110. The van der Waals surface area contributed by atoms with Crippen molar-refractivity contribution < 1.29 is 14.4 Å². The van der Waals surface area contributed by atoms with E-state index in [1.54, 1.807) is 53.4 Å². The molecule has 1 aliphatic heterocycles. The van der Waals surface area contributed by atoms with Crippen LogP contribution in [0.4, 0.5) is 11.4 Å². The second-order valence-electron chi connectivity index (χ2n) is 7.05. The third-order valence-electron chi connectivity index (χ3n) is 4.47. The van der Waals surface area contributed by atoms with E-state index in [1.165, 1.54) is 0 Å². The zero-order valence-corrected chi connectivity index (χ0v) is 16.5. The van der Waals surface area contributed by atoms with Crippen LogP contribution < -0.4 is 15.5 Å². The summed E-state index contributed by atoms with van der Waals surface area (Å²) in [5.74, 6) is -1.18. The average molecular weight is 400 g/mol. The highest BCUT2D eigenvalue weighted by Gasteiger charge is 2.35. The van der Waals surface area contributed by atoms with Crippen molar-refractivity contribution >= 4 is 40.7 Å². The van der Waals surface area contributed by atoms with Crippen LogP contribution in [-0.2, 0) is 9.59 Å². The molecular formula is C21H22ClN3O3. The predicted octanol–water partition coefficient (Wildman–Crippen LogP) is 3.47. The Morgan fingerprint density at radius 2 is 1.89 bits per heavy atom. The summed E-state index contributed by atoms with van der Waals surface area (Å²) in [6.45, 7) is 4.01. The van der Waals surface area contributed by atoms with Crippen LogP contribution >= 0.6 is 11.6 Å². The number of hydrogen-bond acceptors (Lipinski definition) is 3. The topological polar surface area (TPSA) is 78.5 Å². The number of benzene rings is 2. The summed E-state index contributed by atoms with van der Waals surface area (Å²) in [5.41, 5.74) is 1.49. The van der Waals surface area contributed by atoms with Crippen molar-refractivity contribution in [1.82, 2.24) is 5.32 Å². The second-order valence-corrected chi connectivity index (χ2v) is 7.48. The zero-order valence-electron chi connectivity index (χ0n) is 15.7.